The highest BCUT2D eigenvalue weighted by atomic mass is 35.5. The number of pyridine rings is 1. The number of hydrogen-bond acceptors (Lipinski definition) is 6. The summed E-state index contributed by atoms with van der Waals surface area (Å²) in [6.07, 6.45) is 5.44. The predicted molar refractivity (Wildman–Crippen MR) is 154 cm³/mol. The number of anilines is 1. The topological polar surface area (TPSA) is 75.9 Å². The van der Waals surface area contributed by atoms with Gasteiger partial charge in [0.15, 0.2) is 5.65 Å². The molecule has 0 spiro atoms. The molecule has 0 radical (unpaired) electrons. The second kappa shape index (κ2) is 9.85. The van der Waals surface area contributed by atoms with Gasteiger partial charge in [-0.1, -0.05) is 41.9 Å². The van der Waals surface area contributed by atoms with E-state index in [9.17, 15) is 4.79 Å². The molecule has 0 N–H and O–H groups in total. The lowest BCUT2D eigenvalue weighted by molar-refractivity contribution is 0.0240. The number of benzene rings is 2. The van der Waals surface area contributed by atoms with Crippen molar-refractivity contribution in [3.8, 4) is 22.3 Å². The number of carbonyl (C=O) groups excluding carboxylic acids is 1. The predicted octanol–water partition coefficient (Wildman–Crippen LogP) is 6.32. The van der Waals surface area contributed by atoms with Crippen LogP contribution in [0.15, 0.2) is 73.2 Å². The van der Waals surface area contributed by atoms with Crippen LogP contribution in [0.25, 0.3) is 38.8 Å². The molecule has 0 atom stereocenters. The Hall–Kier alpha value is -4.17. The van der Waals surface area contributed by atoms with E-state index in [4.69, 9.17) is 21.3 Å². The molecular formula is C30H29ClN6O2. The molecular weight excluding hydrogens is 512 g/mol. The van der Waals surface area contributed by atoms with E-state index in [2.05, 4.69) is 39.2 Å². The van der Waals surface area contributed by atoms with Crippen LogP contribution in [-0.2, 0) is 4.74 Å². The Morgan fingerprint density at radius 3 is 2.41 bits per heavy atom. The molecule has 8 nitrogen and oxygen atoms in total. The van der Waals surface area contributed by atoms with E-state index >= 15 is 0 Å². The third kappa shape index (κ3) is 5.12. The van der Waals surface area contributed by atoms with Crippen LogP contribution < -0.4 is 4.90 Å². The SMILES string of the molecule is CC(C)(C)OC(=O)N1CCN(c2ccc(-c3cnc4c(-c5cc(Cl)nc6ccccc56)cnn4c3)cc2)CC1. The summed E-state index contributed by atoms with van der Waals surface area (Å²) >= 11 is 6.32. The van der Waals surface area contributed by atoms with Gasteiger partial charge in [0.2, 0.25) is 0 Å². The number of piperazine rings is 1. The molecule has 0 unspecified atom stereocenters. The van der Waals surface area contributed by atoms with Crippen LogP contribution in [0.5, 0.6) is 0 Å². The average Bonchev–Trinajstić information content (AvgIpc) is 3.35. The molecule has 1 amide bonds. The first kappa shape index (κ1) is 25.1. The fourth-order valence-corrected chi connectivity index (χ4v) is 5.12. The number of rotatable bonds is 3. The summed E-state index contributed by atoms with van der Waals surface area (Å²) in [5.74, 6) is 0. The number of nitrogens with zero attached hydrogens (tertiary/aromatic N) is 6. The van der Waals surface area contributed by atoms with E-state index < -0.39 is 5.60 Å². The van der Waals surface area contributed by atoms with Crippen LogP contribution in [0, 0.1) is 0 Å². The number of aromatic nitrogens is 4. The maximum atomic E-state index is 12.4. The van der Waals surface area contributed by atoms with Gasteiger partial charge in [-0.2, -0.15) is 5.10 Å². The highest BCUT2D eigenvalue weighted by Gasteiger charge is 2.26. The van der Waals surface area contributed by atoms with Crippen LogP contribution in [0.4, 0.5) is 10.5 Å². The summed E-state index contributed by atoms with van der Waals surface area (Å²) in [4.78, 5) is 25.6. The van der Waals surface area contributed by atoms with E-state index in [0.29, 0.717) is 18.2 Å². The van der Waals surface area contributed by atoms with Crippen molar-refractivity contribution in [2.75, 3.05) is 31.1 Å². The number of halogens is 1. The average molecular weight is 541 g/mol. The van der Waals surface area contributed by atoms with Crippen molar-refractivity contribution in [1.29, 1.82) is 0 Å². The molecule has 0 saturated carbocycles. The highest BCUT2D eigenvalue weighted by Crippen LogP contribution is 2.33. The zero-order valence-corrected chi connectivity index (χ0v) is 22.9. The van der Waals surface area contributed by atoms with Crippen molar-refractivity contribution in [3.63, 3.8) is 0 Å². The lowest BCUT2D eigenvalue weighted by Crippen LogP contribution is -2.50. The summed E-state index contributed by atoms with van der Waals surface area (Å²) in [5, 5.41) is 6.03. The van der Waals surface area contributed by atoms with E-state index in [0.717, 1.165) is 57.6 Å². The van der Waals surface area contributed by atoms with Crippen molar-refractivity contribution in [2.45, 2.75) is 26.4 Å². The minimum atomic E-state index is -0.485. The number of fused-ring (bicyclic) bond motifs is 2. The largest absolute Gasteiger partial charge is 0.444 e. The Bertz CT molecular complexity index is 1670. The molecule has 5 aromatic rings. The standard InChI is InChI=1S/C30H29ClN6O2/c1-30(2,3)39-29(38)36-14-12-35(13-15-36)22-10-8-20(9-11-22)21-17-32-28-25(18-33-37(28)19-21)24-16-27(31)34-26-7-5-4-6-23(24)26/h4-11,16-19H,12-15H2,1-3H3. The highest BCUT2D eigenvalue weighted by molar-refractivity contribution is 6.30. The second-order valence-corrected chi connectivity index (χ2v) is 11.1. The first-order chi connectivity index (χ1) is 18.7. The zero-order chi connectivity index (χ0) is 27.1. The summed E-state index contributed by atoms with van der Waals surface area (Å²) in [6.45, 7) is 8.46. The van der Waals surface area contributed by atoms with E-state index in [1.807, 2.05) is 69.7 Å². The first-order valence-electron chi connectivity index (χ1n) is 13.0. The van der Waals surface area contributed by atoms with Crippen molar-refractivity contribution >= 4 is 39.9 Å². The number of ether oxygens (including phenoxy) is 1. The second-order valence-electron chi connectivity index (χ2n) is 10.7. The van der Waals surface area contributed by atoms with Gasteiger partial charge >= 0.3 is 6.09 Å². The molecule has 0 bridgehead atoms. The number of hydrogen-bond donors (Lipinski definition) is 0. The molecule has 1 saturated heterocycles. The van der Waals surface area contributed by atoms with Gasteiger partial charge in [0, 0.05) is 60.8 Å². The van der Waals surface area contributed by atoms with Gasteiger partial charge in [-0.15, -0.1) is 0 Å². The molecule has 1 aliphatic heterocycles. The Kier molecular flexibility index (Phi) is 6.35. The van der Waals surface area contributed by atoms with Gasteiger partial charge in [0.25, 0.3) is 0 Å². The maximum Gasteiger partial charge on any atom is 0.410 e. The molecule has 198 valence electrons. The van der Waals surface area contributed by atoms with Crippen molar-refractivity contribution in [3.05, 3.63) is 78.3 Å². The quantitative estimate of drug-likeness (QED) is 0.249. The van der Waals surface area contributed by atoms with Gasteiger partial charge in [0.05, 0.1) is 11.7 Å². The number of carbonyl (C=O) groups is 1. The smallest absolute Gasteiger partial charge is 0.410 e. The molecule has 1 aliphatic rings. The molecule has 4 heterocycles. The third-order valence-electron chi connectivity index (χ3n) is 6.83. The number of amides is 1. The molecule has 6 rings (SSSR count). The van der Waals surface area contributed by atoms with Crippen LogP contribution in [0.1, 0.15) is 20.8 Å². The van der Waals surface area contributed by atoms with Gasteiger partial charge in [-0.05, 0) is 56.2 Å². The van der Waals surface area contributed by atoms with E-state index in [1.54, 1.807) is 9.42 Å². The van der Waals surface area contributed by atoms with Crippen molar-refractivity contribution in [2.24, 2.45) is 0 Å². The van der Waals surface area contributed by atoms with Gasteiger partial charge in [0.1, 0.15) is 10.8 Å². The van der Waals surface area contributed by atoms with Crippen LogP contribution >= 0.6 is 11.6 Å². The van der Waals surface area contributed by atoms with Crippen molar-refractivity contribution < 1.29 is 9.53 Å². The molecule has 3 aromatic heterocycles. The van der Waals surface area contributed by atoms with Crippen molar-refractivity contribution in [1.82, 2.24) is 24.5 Å². The van der Waals surface area contributed by atoms with Gasteiger partial charge < -0.3 is 14.5 Å². The molecule has 39 heavy (non-hydrogen) atoms. The summed E-state index contributed by atoms with van der Waals surface area (Å²) in [7, 11) is 0. The van der Waals surface area contributed by atoms with Gasteiger partial charge in [-0.3, -0.25) is 0 Å². The monoisotopic (exact) mass is 540 g/mol. The zero-order valence-electron chi connectivity index (χ0n) is 22.1. The van der Waals surface area contributed by atoms with Crippen LogP contribution in [0.2, 0.25) is 5.15 Å². The first-order valence-corrected chi connectivity index (χ1v) is 13.4. The summed E-state index contributed by atoms with van der Waals surface area (Å²) in [6, 6.07) is 18.2. The number of para-hydroxylation sites is 1. The maximum absolute atomic E-state index is 12.4. The normalized spacial score (nSPS) is 14.3. The fourth-order valence-electron chi connectivity index (χ4n) is 4.92. The molecule has 1 fully saturated rings. The van der Waals surface area contributed by atoms with Crippen LogP contribution in [0.3, 0.4) is 0 Å². The minimum absolute atomic E-state index is 0.248. The molecule has 2 aromatic carbocycles. The lowest BCUT2D eigenvalue weighted by Gasteiger charge is -2.36. The lowest BCUT2D eigenvalue weighted by atomic mass is 10.0. The fraction of sp³-hybridized carbons (Fsp3) is 0.267. The Balaban J connectivity index is 1.20. The van der Waals surface area contributed by atoms with E-state index in [1.165, 1.54) is 0 Å². The Labute approximate surface area is 231 Å². The van der Waals surface area contributed by atoms with E-state index in [-0.39, 0.29) is 6.09 Å². The van der Waals surface area contributed by atoms with Gasteiger partial charge in [-0.25, -0.2) is 19.3 Å². The minimum Gasteiger partial charge on any atom is -0.444 e. The Morgan fingerprint density at radius 1 is 0.923 bits per heavy atom. The molecule has 0 aliphatic carbocycles. The summed E-state index contributed by atoms with van der Waals surface area (Å²) < 4.78 is 7.31. The summed E-state index contributed by atoms with van der Waals surface area (Å²) in [5.41, 5.74) is 6.11. The Morgan fingerprint density at radius 2 is 1.67 bits per heavy atom. The third-order valence-corrected chi connectivity index (χ3v) is 7.02. The molecule has 9 heteroatoms. The van der Waals surface area contributed by atoms with Crippen LogP contribution in [-0.4, -0.2) is 62.4 Å².